The van der Waals surface area contributed by atoms with Crippen LogP contribution < -0.4 is 14.8 Å². The van der Waals surface area contributed by atoms with E-state index >= 15 is 0 Å². The first-order chi connectivity index (χ1) is 19.2. The van der Waals surface area contributed by atoms with Gasteiger partial charge in [0.15, 0.2) is 0 Å². The SMILES string of the molecule is CC(C)(Cc1ccc(Oc2ccccc2)cc1)NC[C@H](O)COc1cc(-c2ccc(C(=O)O)cc2)ccc1C#N. The Bertz CT molecular complexity index is 1460. The fourth-order valence-corrected chi connectivity index (χ4v) is 4.23. The van der Waals surface area contributed by atoms with Crippen LogP contribution in [0.5, 0.6) is 17.2 Å². The molecule has 0 amide bonds. The largest absolute Gasteiger partial charge is 0.489 e. The first kappa shape index (κ1) is 28.4. The lowest BCUT2D eigenvalue weighted by Crippen LogP contribution is -2.46. The van der Waals surface area contributed by atoms with Crippen molar-refractivity contribution in [2.24, 2.45) is 0 Å². The molecule has 0 saturated carbocycles. The number of carboxylic acids is 1. The zero-order chi connectivity index (χ0) is 28.5. The van der Waals surface area contributed by atoms with Gasteiger partial charge in [-0.1, -0.05) is 48.5 Å². The van der Waals surface area contributed by atoms with E-state index in [-0.39, 0.29) is 17.7 Å². The maximum Gasteiger partial charge on any atom is 0.335 e. The molecule has 7 nitrogen and oxygen atoms in total. The van der Waals surface area contributed by atoms with Crippen molar-refractivity contribution in [3.05, 3.63) is 114 Å². The van der Waals surface area contributed by atoms with Crippen molar-refractivity contribution in [2.45, 2.75) is 31.9 Å². The molecule has 0 heterocycles. The first-order valence-electron chi connectivity index (χ1n) is 13.0. The van der Waals surface area contributed by atoms with E-state index < -0.39 is 12.1 Å². The number of aliphatic hydroxyl groups is 1. The van der Waals surface area contributed by atoms with Crippen LogP contribution in [-0.4, -0.2) is 41.0 Å². The minimum Gasteiger partial charge on any atom is -0.489 e. The number of hydrogen-bond donors (Lipinski definition) is 3. The molecule has 4 aromatic carbocycles. The molecule has 4 rings (SSSR count). The van der Waals surface area contributed by atoms with Gasteiger partial charge in [-0.2, -0.15) is 5.26 Å². The number of carboxylic acid groups (broad SMARTS) is 1. The zero-order valence-corrected chi connectivity index (χ0v) is 22.5. The Hall–Kier alpha value is -4.64. The number of benzene rings is 4. The summed E-state index contributed by atoms with van der Waals surface area (Å²) in [5, 5.41) is 32.6. The number of rotatable bonds is 12. The van der Waals surface area contributed by atoms with Gasteiger partial charge in [0.1, 0.15) is 36.0 Å². The predicted molar refractivity (Wildman–Crippen MR) is 154 cm³/mol. The second-order valence-corrected chi connectivity index (χ2v) is 10.2. The lowest BCUT2D eigenvalue weighted by atomic mass is 9.94. The molecule has 0 spiro atoms. The molecule has 0 saturated heterocycles. The number of para-hydroxylation sites is 1. The Balaban J connectivity index is 1.30. The molecule has 0 aliphatic rings. The number of nitrogens with zero attached hydrogens (tertiary/aromatic N) is 1. The second kappa shape index (κ2) is 12.9. The summed E-state index contributed by atoms with van der Waals surface area (Å²) in [5.74, 6) is 0.925. The van der Waals surface area contributed by atoms with Crippen molar-refractivity contribution in [2.75, 3.05) is 13.2 Å². The fourth-order valence-electron chi connectivity index (χ4n) is 4.23. The van der Waals surface area contributed by atoms with Crippen LogP contribution in [0.2, 0.25) is 0 Å². The summed E-state index contributed by atoms with van der Waals surface area (Å²) in [4.78, 5) is 11.1. The molecule has 3 N–H and O–H groups in total. The summed E-state index contributed by atoms with van der Waals surface area (Å²) in [7, 11) is 0. The number of nitriles is 1. The highest BCUT2D eigenvalue weighted by Crippen LogP contribution is 2.28. The Morgan fingerprint density at radius 3 is 2.23 bits per heavy atom. The van der Waals surface area contributed by atoms with Gasteiger partial charge in [-0.3, -0.25) is 0 Å². The summed E-state index contributed by atoms with van der Waals surface area (Å²) < 4.78 is 11.7. The van der Waals surface area contributed by atoms with Crippen LogP contribution in [0.1, 0.15) is 35.3 Å². The summed E-state index contributed by atoms with van der Waals surface area (Å²) >= 11 is 0. The molecule has 0 bridgehead atoms. The van der Waals surface area contributed by atoms with Crippen LogP contribution in [0.15, 0.2) is 97.1 Å². The van der Waals surface area contributed by atoms with Crippen molar-refractivity contribution in [1.29, 1.82) is 5.26 Å². The van der Waals surface area contributed by atoms with E-state index in [4.69, 9.17) is 14.6 Å². The lowest BCUT2D eigenvalue weighted by Gasteiger charge is -2.28. The lowest BCUT2D eigenvalue weighted by molar-refractivity contribution is 0.0697. The Kier molecular flexibility index (Phi) is 9.18. The minimum absolute atomic E-state index is 0.00465. The van der Waals surface area contributed by atoms with Gasteiger partial charge in [0.2, 0.25) is 0 Å². The van der Waals surface area contributed by atoms with E-state index in [0.29, 0.717) is 17.9 Å². The molecule has 40 heavy (non-hydrogen) atoms. The van der Waals surface area contributed by atoms with E-state index in [1.165, 1.54) is 12.1 Å². The van der Waals surface area contributed by atoms with Crippen LogP contribution in [0, 0.1) is 11.3 Å². The topological polar surface area (TPSA) is 112 Å². The van der Waals surface area contributed by atoms with E-state index in [1.807, 2.05) is 54.6 Å². The smallest absolute Gasteiger partial charge is 0.335 e. The van der Waals surface area contributed by atoms with Gasteiger partial charge in [0.05, 0.1) is 11.1 Å². The van der Waals surface area contributed by atoms with Crippen molar-refractivity contribution in [3.63, 3.8) is 0 Å². The Morgan fingerprint density at radius 1 is 0.925 bits per heavy atom. The standard InChI is InChI=1S/C33H32N2O5/c1-33(2,19-23-8-16-30(17-9-23)40-29-6-4-3-5-7-29)35-21-28(36)22-39-31-18-26(14-15-27(31)20-34)24-10-12-25(13-11-24)32(37)38/h3-18,28,35-36H,19,21-22H2,1-2H3,(H,37,38)/t28-/m0/s1. The highest BCUT2D eigenvalue weighted by atomic mass is 16.5. The van der Waals surface area contributed by atoms with Crippen molar-refractivity contribution in [1.82, 2.24) is 5.32 Å². The number of nitrogens with one attached hydrogen (secondary N) is 1. The molecule has 0 fully saturated rings. The third-order valence-corrected chi connectivity index (χ3v) is 6.36. The molecule has 4 aromatic rings. The molecule has 0 aliphatic heterocycles. The molecule has 1 atom stereocenters. The number of hydrogen-bond acceptors (Lipinski definition) is 6. The van der Waals surface area contributed by atoms with Crippen LogP contribution in [0.4, 0.5) is 0 Å². The number of β-amino-alcohol motifs (C(OH)–C–C–N with tert-alkyl or cyclic N) is 1. The normalized spacial score (nSPS) is 11.8. The third kappa shape index (κ3) is 7.93. The summed E-state index contributed by atoms with van der Waals surface area (Å²) in [6.07, 6.45) is -0.0565. The van der Waals surface area contributed by atoms with E-state index in [0.717, 1.165) is 34.6 Å². The van der Waals surface area contributed by atoms with Gasteiger partial charge >= 0.3 is 5.97 Å². The van der Waals surface area contributed by atoms with E-state index in [1.54, 1.807) is 30.3 Å². The number of aromatic carboxylic acids is 1. The maximum absolute atomic E-state index is 11.1. The molecular weight excluding hydrogens is 504 g/mol. The summed E-state index contributed by atoms with van der Waals surface area (Å²) in [6, 6.07) is 31.3. The molecule has 204 valence electrons. The zero-order valence-electron chi connectivity index (χ0n) is 22.5. The minimum atomic E-state index is -0.993. The van der Waals surface area contributed by atoms with Gasteiger partial charge in [-0.05, 0) is 85.5 Å². The number of ether oxygens (including phenoxy) is 2. The van der Waals surface area contributed by atoms with Gasteiger partial charge in [0, 0.05) is 12.1 Å². The van der Waals surface area contributed by atoms with Crippen LogP contribution >= 0.6 is 0 Å². The number of aliphatic hydroxyl groups excluding tert-OH is 1. The quantitative estimate of drug-likeness (QED) is 0.202. The van der Waals surface area contributed by atoms with Crippen LogP contribution in [-0.2, 0) is 6.42 Å². The Labute approximate surface area is 234 Å². The second-order valence-electron chi connectivity index (χ2n) is 10.2. The van der Waals surface area contributed by atoms with Crippen LogP contribution in [0.25, 0.3) is 11.1 Å². The predicted octanol–water partition coefficient (Wildman–Crippen LogP) is 6.07. The van der Waals surface area contributed by atoms with Gasteiger partial charge in [0.25, 0.3) is 0 Å². The molecule has 0 unspecified atom stereocenters. The molecule has 0 aromatic heterocycles. The average Bonchev–Trinajstić information content (AvgIpc) is 2.96. The van der Waals surface area contributed by atoms with Crippen molar-refractivity contribution >= 4 is 5.97 Å². The summed E-state index contributed by atoms with van der Waals surface area (Å²) in [6.45, 7) is 4.45. The molecule has 0 radical (unpaired) electrons. The van der Waals surface area contributed by atoms with Crippen molar-refractivity contribution < 1.29 is 24.5 Å². The van der Waals surface area contributed by atoms with Gasteiger partial charge in [-0.15, -0.1) is 0 Å². The highest BCUT2D eigenvalue weighted by Gasteiger charge is 2.20. The maximum atomic E-state index is 11.1. The monoisotopic (exact) mass is 536 g/mol. The fraction of sp³-hybridized carbons (Fsp3) is 0.212. The molecule has 7 heteroatoms. The van der Waals surface area contributed by atoms with E-state index in [2.05, 4.69) is 25.2 Å². The van der Waals surface area contributed by atoms with Crippen LogP contribution in [0.3, 0.4) is 0 Å². The Morgan fingerprint density at radius 2 is 1.57 bits per heavy atom. The third-order valence-electron chi connectivity index (χ3n) is 6.36. The van der Waals surface area contributed by atoms with Gasteiger partial charge < -0.3 is 25.0 Å². The molecule has 0 aliphatic carbocycles. The van der Waals surface area contributed by atoms with Gasteiger partial charge in [-0.25, -0.2) is 4.79 Å². The van der Waals surface area contributed by atoms with E-state index in [9.17, 15) is 15.2 Å². The van der Waals surface area contributed by atoms with Crippen molar-refractivity contribution in [3.8, 4) is 34.4 Å². The number of carbonyl (C=O) groups is 1. The molecular formula is C33H32N2O5. The first-order valence-corrected chi connectivity index (χ1v) is 13.0. The average molecular weight is 537 g/mol. The highest BCUT2D eigenvalue weighted by molar-refractivity contribution is 5.88. The summed E-state index contributed by atoms with van der Waals surface area (Å²) in [5.41, 5.74) is 2.97.